The normalized spacial score (nSPS) is 10.7. The first-order valence-electron chi connectivity index (χ1n) is 5.75. The lowest BCUT2D eigenvalue weighted by Gasteiger charge is -2.00. The van der Waals surface area contributed by atoms with Crippen LogP contribution in [0.4, 0.5) is 11.4 Å². The molecule has 0 aliphatic carbocycles. The van der Waals surface area contributed by atoms with E-state index in [4.69, 9.17) is 4.74 Å². The third-order valence-corrected chi connectivity index (χ3v) is 2.65. The number of rotatable bonds is 4. The molecule has 0 aliphatic rings. The quantitative estimate of drug-likeness (QED) is 0.526. The van der Waals surface area contributed by atoms with E-state index in [0.29, 0.717) is 11.4 Å². The van der Waals surface area contributed by atoms with Gasteiger partial charge in [-0.25, -0.2) is 0 Å². The van der Waals surface area contributed by atoms with Crippen LogP contribution in [0.5, 0.6) is 11.5 Å². The highest BCUT2D eigenvalue weighted by molar-refractivity contribution is 5.86. The van der Waals surface area contributed by atoms with Gasteiger partial charge in [0.1, 0.15) is 11.5 Å². The van der Waals surface area contributed by atoms with Gasteiger partial charge in [0.2, 0.25) is 0 Å². The Morgan fingerprint density at radius 1 is 1.25 bits per heavy atom. The number of methoxy groups -OCH3 is 1. The van der Waals surface area contributed by atoms with Crippen LogP contribution in [-0.4, -0.2) is 23.4 Å². The summed E-state index contributed by atoms with van der Waals surface area (Å²) < 4.78 is 5.03. The van der Waals surface area contributed by atoms with Crippen LogP contribution in [0, 0.1) is 10.1 Å². The highest BCUT2D eigenvalue weighted by Gasteiger charge is 2.08. The van der Waals surface area contributed by atoms with Crippen molar-refractivity contribution in [3.8, 4) is 11.5 Å². The van der Waals surface area contributed by atoms with E-state index in [1.165, 1.54) is 24.4 Å². The van der Waals surface area contributed by atoms with Crippen LogP contribution in [0.2, 0.25) is 0 Å². The number of non-ortho nitro benzene ring substituents is 1. The van der Waals surface area contributed by atoms with Gasteiger partial charge in [0.05, 0.1) is 17.7 Å². The topological polar surface area (TPSA) is 85.0 Å². The Morgan fingerprint density at radius 2 is 1.95 bits per heavy atom. The van der Waals surface area contributed by atoms with E-state index in [9.17, 15) is 15.2 Å². The minimum Gasteiger partial charge on any atom is -0.507 e. The third kappa shape index (κ3) is 3.11. The number of phenolic OH excluding ortho intramolecular Hbond substituents is 1. The van der Waals surface area contributed by atoms with Gasteiger partial charge < -0.3 is 9.84 Å². The number of aliphatic imine (C=N–C) groups is 1. The Balaban J connectivity index is 2.25. The number of hydrogen-bond acceptors (Lipinski definition) is 5. The van der Waals surface area contributed by atoms with E-state index in [1.807, 2.05) is 0 Å². The summed E-state index contributed by atoms with van der Waals surface area (Å²) in [5.74, 6) is 0.648. The Labute approximate surface area is 115 Å². The first-order valence-corrected chi connectivity index (χ1v) is 5.75. The number of nitro groups is 1. The lowest BCUT2D eigenvalue weighted by Crippen LogP contribution is -1.90. The van der Waals surface area contributed by atoms with E-state index in [0.717, 1.165) is 0 Å². The molecule has 0 aromatic heterocycles. The molecule has 0 aliphatic heterocycles. The summed E-state index contributed by atoms with van der Waals surface area (Å²) in [6.45, 7) is 0. The fourth-order valence-corrected chi connectivity index (χ4v) is 1.57. The van der Waals surface area contributed by atoms with Crippen molar-refractivity contribution < 1.29 is 14.8 Å². The maximum absolute atomic E-state index is 10.7. The second-order valence-electron chi connectivity index (χ2n) is 3.96. The second kappa shape index (κ2) is 5.83. The van der Waals surface area contributed by atoms with Crippen molar-refractivity contribution in [3.63, 3.8) is 0 Å². The fourth-order valence-electron chi connectivity index (χ4n) is 1.57. The summed E-state index contributed by atoms with van der Waals surface area (Å²) in [4.78, 5) is 14.3. The highest BCUT2D eigenvalue weighted by Crippen LogP contribution is 2.23. The summed E-state index contributed by atoms with van der Waals surface area (Å²) >= 11 is 0. The molecule has 0 heterocycles. The number of aromatic hydroxyl groups is 1. The van der Waals surface area contributed by atoms with Crippen molar-refractivity contribution in [1.29, 1.82) is 0 Å². The van der Waals surface area contributed by atoms with E-state index in [1.54, 1.807) is 31.4 Å². The molecular formula is C14H12N2O4. The molecule has 0 radical (unpaired) electrons. The molecule has 2 rings (SSSR count). The molecule has 20 heavy (non-hydrogen) atoms. The predicted molar refractivity (Wildman–Crippen MR) is 75.0 cm³/mol. The smallest absolute Gasteiger partial charge is 0.270 e. The van der Waals surface area contributed by atoms with Gasteiger partial charge in [0.25, 0.3) is 5.69 Å². The summed E-state index contributed by atoms with van der Waals surface area (Å²) in [7, 11) is 1.57. The molecule has 0 saturated heterocycles. The molecule has 2 aromatic rings. The highest BCUT2D eigenvalue weighted by atomic mass is 16.6. The Morgan fingerprint density at radius 3 is 2.55 bits per heavy atom. The molecule has 0 atom stereocenters. The van der Waals surface area contributed by atoms with Gasteiger partial charge in [0, 0.05) is 23.9 Å². The molecule has 0 amide bonds. The zero-order valence-corrected chi connectivity index (χ0v) is 10.7. The standard InChI is InChI=1S/C14H12N2O4/c1-20-13-5-2-11(3-6-13)15-9-10-8-12(16(18)19)4-7-14(10)17/h2-9,17H,1H3/b15-9+. The van der Waals surface area contributed by atoms with E-state index < -0.39 is 4.92 Å². The number of nitrogens with zero attached hydrogens (tertiary/aromatic N) is 2. The van der Waals surface area contributed by atoms with Crippen LogP contribution in [-0.2, 0) is 0 Å². The number of ether oxygens (including phenoxy) is 1. The first kappa shape index (κ1) is 13.5. The van der Waals surface area contributed by atoms with Crippen molar-refractivity contribution in [3.05, 3.63) is 58.1 Å². The summed E-state index contributed by atoms with van der Waals surface area (Å²) in [6, 6.07) is 10.8. The van der Waals surface area contributed by atoms with E-state index in [2.05, 4.69) is 4.99 Å². The van der Waals surface area contributed by atoms with Gasteiger partial charge >= 0.3 is 0 Å². The molecule has 102 valence electrons. The molecule has 0 fully saturated rings. The van der Waals surface area contributed by atoms with Gasteiger partial charge in [-0.05, 0) is 30.3 Å². The lowest BCUT2D eigenvalue weighted by atomic mass is 10.2. The molecule has 6 heteroatoms. The molecule has 0 spiro atoms. The maximum atomic E-state index is 10.7. The number of benzene rings is 2. The van der Waals surface area contributed by atoms with Gasteiger partial charge in [0.15, 0.2) is 0 Å². The molecule has 1 N–H and O–H groups in total. The minimum absolute atomic E-state index is 0.0622. The Hall–Kier alpha value is -2.89. The first-order chi connectivity index (χ1) is 9.60. The van der Waals surface area contributed by atoms with E-state index in [-0.39, 0.29) is 17.0 Å². The molecule has 6 nitrogen and oxygen atoms in total. The zero-order chi connectivity index (χ0) is 14.5. The van der Waals surface area contributed by atoms with Crippen LogP contribution >= 0.6 is 0 Å². The summed E-state index contributed by atoms with van der Waals surface area (Å²) in [5, 5.41) is 20.3. The summed E-state index contributed by atoms with van der Waals surface area (Å²) in [6.07, 6.45) is 1.38. The van der Waals surface area contributed by atoms with Crippen molar-refractivity contribution in [2.75, 3.05) is 7.11 Å². The van der Waals surface area contributed by atoms with Crippen molar-refractivity contribution in [2.45, 2.75) is 0 Å². The maximum Gasteiger partial charge on any atom is 0.270 e. The summed E-state index contributed by atoms with van der Waals surface area (Å²) in [5.41, 5.74) is 0.839. The third-order valence-electron chi connectivity index (χ3n) is 2.65. The van der Waals surface area contributed by atoms with Gasteiger partial charge in [-0.15, -0.1) is 0 Å². The average molecular weight is 272 g/mol. The molecule has 0 unspecified atom stereocenters. The van der Waals surface area contributed by atoms with Crippen molar-refractivity contribution >= 4 is 17.6 Å². The molecule has 0 saturated carbocycles. The monoisotopic (exact) mass is 272 g/mol. The predicted octanol–water partition coefficient (Wildman–Crippen LogP) is 3.06. The van der Waals surface area contributed by atoms with Gasteiger partial charge in [-0.1, -0.05) is 0 Å². The van der Waals surface area contributed by atoms with Gasteiger partial charge in [-0.3, -0.25) is 15.1 Å². The molecular weight excluding hydrogens is 260 g/mol. The SMILES string of the molecule is COc1ccc(/N=C/c2cc([N+](=O)[O-])ccc2O)cc1. The average Bonchev–Trinajstić information content (AvgIpc) is 2.46. The Kier molecular flexibility index (Phi) is 3.95. The van der Waals surface area contributed by atoms with Crippen LogP contribution in [0.15, 0.2) is 47.5 Å². The van der Waals surface area contributed by atoms with Crippen LogP contribution in [0.1, 0.15) is 5.56 Å². The number of phenols is 1. The lowest BCUT2D eigenvalue weighted by molar-refractivity contribution is -0.384. The van der Waals surface area contributed by atoms with E-state index >= 15 is 0 Å². The van der Waals surface area contributed by atoms with Gasteiger partial charge in [-0.2, -0.15) is 0 Å². The van der Waals surface area contributed by atoms with Crippen LogP contribution < -0.4 is 4.74 Å². The van der Waals surface area contributed by atoms with Crippen LogP contribution in [0.25, 0.3) is 0 Å². The number of hydrogen-bond donors (Lipinski definition) is 1. The minimum atomic E-state index is -0.524. The van der Waals surface area contributed by atoms with Crippen molar-refractivity contribution in [1.82, 2.24) is 0 Å². The van der Waals surface area contributed by atoms with Crippen molar-refractivity contribution in [2.24, 2.45) is 4.99 Å². The largest absolute Gasteiger partial charge is 0.507 e. The second-order valence-corrected chi connectivity index (χ2v) is 3.96. The fraction of sp³-hybridized carbons (Fsp3) is 0.0714. The number of nitro benzene ring substituents is 1. The zero-order valence-electron chi connectivity index (χ0n) is 10.7. The van der Waals surface area contributed by atoms with Crippen LogP contribution in [0.3, 0.4) is 0 Å². The Bertz CT molecular complexity index is 651. The molecule has 2 aromatic carbocycles. The molecule has 0 bridgehead atoms.